The summed E-state index contributed by atoms with van der Waals surface area (Å²) in [6, 6.07) is 13.0. The van der Waals surface area contributed by atoms with Crippen molar-refractivity contribution in [1.29, 1.82) is 0 Å². The summed E-state index contributed by atoms with van der Waals surface area (Å²) in [5.74, 6) is 0.547. The molecule has 0 aliphatic carbocycles. The Hall–Kier alpha value is -2.11. The van der Waals surface area contributed by atoms with Crippen molar-refractivity contribution >= 4 is 34.7 Å². The van der Waals surface area contributed by atoms with Crippen LogP contribution in [0.3, 0.4) is 0 Å². The fourth-order valence-corrected chi connectivity index (χ4v) is 2.66. The number of rotatable bonds is 4. The van der Waals surface area contributed by atoms with Gasteiger partial charge in [0.2, 0.25) is 0 Å². The molecule has 0 spiro atoms. The smallest absolute Gasteiger partial charge is 0.266 e. The molecule has 0 atom stereocenters. The summed E-state index contributed by atoms with van der Waals surface area (Å²) in [6.07, 6.45) is 1.67. The van der Waals surface area contributed by atoms with Gasteiger partial charge in [0.05, 0.1) is 17.6 Å². The van der Waals surface area contributed by atoms with Gasteiger partial charge in [0, 0.05) is 11.1 Å². The summed E-state index contributed by atoms with van der Waals surface area (Å²) in [5, 5.41) is 9.69. The molecule has 1 amide bonds. The number of carbonyl (C=O) groups is 1. The van der Waals surface area contributed by atoms with Gasteiger partial charge in [0.15, 0.2) is 0 Å². The molecule has 0 saturated heterocycles. The number of anilines is 1. The lowest BCUT2D eigenvalue weighted by atomic mass is 10.2. The van der Waals surface area contributed by atoms with Crippen LogP contribution in [0.5, 0.6) is 0 Å². The van der Waals surface area contributed by atoms with Crippen molar-refractivity contribution in [3.8, 4) is 0 Å². The van der Waals surface area contributed by atoms with Gasteiger partial charge >= 0.3 is 0 Å². The largest absolute Gasteiger partial charge is 0.306 e. The normalized spacial score (nSPS) is 10.5. The highest BCUT2D eigenvalue weighted by atomic mass is 35.5. The second-order valence-corrected chi connectivity index (χ2v) is 5.82. The van der Waals surface area contributed by atoms with E-state index in [0.29, 0.717) is 22.3 Å². The van der Waals surface area contributed by atoms with E-state index >= 15 is 0 Å². The third kappa shape index (κ3) is 3.32. The Balaban J connectivity index is 1.75. The maximum atomic E-state index is 12.1. The zero-order valence-corrected chi connectivity index (χ0v) is 12.6. The maximum Gasteiger partial charge on any atom is 0.266 e. The molecule has 0 bridgehead atoms. The highest BCUT2D eigenvalue weighted by molar-refractivity contribution is 7.12. The molecule has 0 radical (unpaired) electrons. The number of nitrogens with one attached hydrogen (secondary N) is 1. The molecule has 3 rings (SSSR count). The number of halogens is 1. The number of aromatic nitrogens is 2. The van der Waals surface area contributed by atoms with Crippen molar-refractivity contribution in [2.75, 3.05) is 5.32 Å². The number of carbonyl (C=O) groups excluding carboxylic acids is 1. The Morgan fingerprint density at radius 1 is 1.24 bits per heavy atom. The highest BCUT2D eigenvalue weighted by Crippen LogP contribution is 2.15. The van der Waals surface area contributed by atoms with Gasteiger partial charge in [-0.15, -0.1) is 11.3 Å². The van der Waals surface area contributed by atoms with Crippen molar-refractivity contribution in [2.45, 2.75) is 6.54 Å². The lowest BCUT2D eigenvalue weighted by Crippen LogP contribution is -2.15. The summed E-state index contributed by atoms with van der Waals surface area (Å²) in [6.45, 7) is 0.574. The van der Waals surface area contributed by atoms with Gasteiger partial charge in [-0.05, 0) is 29.1 Å². The third-order valence-corrected chi connectivity index (χ3v) is 4.07. The topological polar surface area (TPSA) is 46.9 Å². The molecule has 0 aliphatic rings. The molecule has 1 aromatic carbocycles. The van der Waals surface area contributed by atoms with Gasteiger partial charge in [0.1, 0.15) is 5.82 Å². The molecular weight excluding hydrogens is 306 g/mol. The summed E-state index contributed by atoms with van der Waals surface area (Å²) >= 11 is 7.28. The molecule has 1 N–H and O–H groups in total. The number of amides is 1. The van der Waals surface area contributed by atoms with Gasteiger partial charge in [-0.1, -0.05) is 29.8 Å². The molecule has 0 unspecified atom stereocenters. The minimum Gasteiger partial charge on any atom is -0.306 e. The monoisotopic (exact) mass is 317 g/mol. The second-order valence-electron chi connectivity index (χ2n) is 4.43. The van der Waals surface area contributed by atoms with Crippen LogP contribution in [0, 0.1) is 0 Å². The standard InChI is InChI=1S/C15H12ClN3OS/c16-12-5-3-11(4-6-12)10-19-14(7-8-17-19)18-15(20)13-2-1-9-21-13/h1-9H,10H2,(H,18,20). The first-order valence-electron chi connectivity index (χ1n) is 6.33. The van der Waals surface area contributed by atoms with Crippen LogP contribution in [-0.4, -0.2) is 15.7 Å². The fraction of sp³-hybridized carbons (Fsp3) is 0.0667. The van der Waals surface area contributed by atoms with Gasteiger partial charge < -0.3 is 5.32 Å². The molecule has 2 aromatic heterocycles. The predicted molar refractivity (Wildman–Crippen MR) is 85.1 cm³/mol. The Labute approximate surface area is 131 Å². The maximum absolute atomic E-state index is 12.1. The molecule has 0 fully saturated rings. The average molecular weight is 318 g/mol. The van der Waals surface area contributed by atoms with E-state index in [1.807, 2.05) is 35.7 Å². The van der Waals surface area contributed by atoms with Crippen LogP contribution in [0.25, 0.3) is 0 Å². The number of thiophene rings is 1. The van der Waals surface area contributed by atoms with E-state index in [2.05, 4.69) is 10.4 Å². The zero-order chi connectivity index (χ0) is 14.7. The highest BCUT2D eigenvalue weighted by Gasteiger charge is 2.10. The fourth-order valence-electron chi connectivity index (χ4n) is 1.91. The van der Waals surface area contributed by atoms with E-state index in [9.17, 15) is 4.79 Å². The van der Waals surface area contributed by atoms with Crippen molar-refractivity contribution in [1.82, 2.24) is 9.78 Å². The van der Waals surface area contributed by atoms with Crippen LogP contribution in [-0.2, 0) is 6.54 Å². The molecule has 106 valence electrons. The molecule has 0 aliphatic heterocycles. The summed E-state index contributed by atoms with van der Waals surface area (Å²) in [5.41, 5.74) is 1.06. The molecule has 4 nitrogen and oxygen atoms in total. The van der Waals surface area contributed by atoms with E-state index in [-0.39, 0.29) is 5.91 Å². The first kappa shape index (κ1) is 13.9. The first-order valence-corrected chi connectivity index (χ1v) is 7.59. The number of nitrogens with zero attached hydrogens (tertiary/aromatic N) is 2. The minimum atomic E-state index is -0.122. The van der Waals surface area contributed by atoms with Crippen LogP contribution >= 0.6 is 22.9 Å². The molecule has 3 aromatic rings. The minimum absolute atomic E-state index is 0.122. The van der Waals surface area contributed by atoms with Crippen LogP contribution in [0.4, 0.5) is 5.82 Å². The zero-order valence-electron chi connectivity index (χ0n) is 11.0. The Bertz CT molecular complexity index is 735. The number of benzene rings is 1. The first-order chi connectivity index (χ1) is 10.2. The van der Waals surface area contributed by atoms with E-state index in [0.717, 1.165) is 5.56 Å². The van der Waals surface area contributed by atoms with E-state index in [4.69, 9.17) is 11.6 Å². The van der Waals surface area contributed by atoms with E-state index < -0.39 is 0 Å². The number of hydrogen-bond donors (Lipinski definition) is 1. The quantitative estimate of drug-likeness (QED) is 0.793. The van der Waals surface area contributed by atoms with Crippen LogP contribution in [0.15, 0.2) is 54.0 Å². The van der Waals surface area contributed by atoms with Crippen LogP contribution < -0.4 is 5.32 Å². The Morgan fingerprint density at radius 2 is 2.05 bits per heavy atom. The Morgan fingerprint density at radius 3 is 2.76 bits per heavy atom. The summed E-state index contributed by atoms with van der Waals surface area (Å²) in [7, 11) is 0. The van der Waals surface area contributed by atoms with Gasteiger partial charge in [0.25, 0.3) is 5.91 Å². The van der Waals surface area contributed by atoms with Gasteiger partial charge in [-0.2, -0.15) is 5.10 Å². The van der Waals surface area contributed by atoms with Crippen molar-refractivity contribution in [3.05, 3.63) is 69.5 Å². The van der Waals surface area contributed by atoms with Crippen LogP contribution in [0.2, 0.25) is 5.02 Å². The second kappa shape index (κ2) is 6.11. The third-order valence-electron chi connectivity index (χ3n) is 2.95. The van der Waals surface area contributed by atoms with Crippen molar-refractivity contribution in [2.24, 2.45) is 0 Å². The lowest BCUT2D eigenvalue weighted by Gasteiger charge is -2.08. The van der Waals surface area contributed by atoms with Gasteiger partial charge in [-0.3, -0.25) is 4.79 Å². The average Bonchev–Trinajstić information content (AvgIpc) is 3.14. The van der Waals surface area contributed by atoms with E-state index in [1.54, 1.807) is 23.0 Å². The van der Waals surface area contributed by atoms with Crippen molar-refractivity contribution < 1.29 is 4.79 Å². The lowest BCUT2D eigenvalue weighted by molar-refractivity contribution is 0.102. The van der Waals surface area contributed by atoms with Gasteiger partial charge in [-0.25, -0.2) is 4.68 Å². The molecule has 2 heterocycles. The number of hydrogen-bond acceptors (Lipinski definition) is 3. The molecule has 6 heteroatoms. The summed E-state index contributed by atoms with van der Waals surface area (Å²) in [4.78, 5) is 12.7. The van der Waals surface area contributed by atoms with E-state index in [1.165, 1.54) is 11.3 Å². The molecule has 21 heavy (non-hydrogen) atoms. The van der Waals surface area contributed by atoms with Crippen molar-refractivity contribution in [3.63, 3.8) is 0 Å². The SMILES string of the molecule is O=C(Nc1ccnn1Cc1ccc(Cl)cc1)c1cccs1. The molecule has 0 saturated carbocycles. The summed E-state index contributed by atoms with van der Waals surface area (Å²) < 4.78 is 1.74. The van der Waals surface area contributed by atoms with Crippen LogP contribution in [0.1, 0.15) is 15.2 Å². The predicted octanol–water partition coefficient (Wildman–Crippen LogP) is 3.90. The Kier molecular flexibility index (Phi) is 4.03. The molecular formula is C15H12ClN3OS.